The van der Waals surface area contributed by atoms with Crippen LogP contribution in [0.15, 0.2) is 42.5 Å². The highest BCUT2D eigenvalue weighted by molar-refractivity contribution is 6.02. The normalized spacial score (nSPS) is 15.3. The van der Waals surface area contributed by atoms with Crippen molar-refractivity contribution in [3.63, 3.8) is 0 Å². The third-order valence-electron chi connectivity index (χ3n) is 4.04. The molecule has 0 unspecified atom stereocenters. The zero-order valence-electron chi connectivity index (χ0n) is 13.6. The van der Waals surface area contributed by atoms with Crippen LogP contribution in [-0.4, -0.2) is 25.6 Å². The number of rotatable bonds is 5. The Balaban J connectivity index is 1.55. The zero-order chi connectivity index (χ0) is 17.8. The lowest BCUT2D eigenvalue weighted by atomic mass is 9.97. The molecule has 1 atom stereocenters. The molecule has 6 nitrogen and oxygen atoms in total. The fourth-order valence-electron chi connectivity index (χ4n) is 2.84. The molecule has 0 radical (unpaired) electrons. The molecule has 0 saturated carbocycles. The van der Waals surface area contributed by atoms with E-state index in [1.54, 1.807) is 0 Å². The molecule has 0 fully saturated rings. The zero-order valence-corrected chi connectivity index (χ0v) is 13.6. The second kappa shape index (κ2) is 7.21. The molecule has 1 aliphatic heterocycles. The van der Waals surface area contributed by atoms with Crippen molar-refractivity contribution >= 4 is 23.3 Å². The Kier molecular flexibility index (Phi) is 4.83. The van der Waals surface area contributed by atoms with Gasteiger partial charge in [-0.2, -0.15) is 0 Å². The molecular weight excluding hydrogens is 325 g/mol. The largest absolute Gasteiger partial charge is 0.495 e. The maximum Gasteiger partial charge on any atom is 0.319 e. The van der Waals surface area contributed by atoms with E-state index in [1.807, 2.05) is 24.3 Å². The molecule has 130 valence electrons. The lowest BCUT2D eigenvalue weighted by molar-refractivity contribution is -0.117. The highest BCUT2D eigenvalue weighted by Crippen LogP contribution is 2.33. The summed E-state index contributed by atoms with van der Waals surface area (Å²) in [5.74, 6) is -0.480. The van der Waals surface area contributed by atoms with E-state index >= 15 is 0 Å². The van der Waals surface area contributed by atoms with E-state index in [9.17, 15) is 14.0 Å². The van der Waals surface area contributed by atoms with Crippen molar-refractivity contribution in [2.75, 3.05) is 24.3 Å². The van der Waals surface area contributed by atoms with Gasteiger partial charge in [-0.15, -0.1) is 0 Å². The summed E-state index contributed by atoms with van der Waals surface area (Å²) in [7, 11) is 1.44. The minimum Gasteiger partial charge on any atom is -0.495 e. The summed E-state index contributed by atoms with van der Waals surface area (Å²) < 4.78 is 18.4. The number of ether oxygens (including phenoxy) is 1. The number of halogens is 1. The first-order valence-electron chi connectivity index (χ1n) is 7.86. The van der Waals surface area contributed by atoms with E-state index in [-0.39, 0.29) is 17.5 Å². The lowest BCUT2D eigenvalue weighted by Crippen LogP contribution is -2.31. The summed E-state index contributed by atoms with van der Waals surface area (Å²) in [6.07, 6.45) is 0.469. The summed E-state index contributed by atoms with van der Waals surface area (Å²) in [5.41, 5.74) is 1.98. The summed E-state index contributed by atoms with van der Waals surface area (Å²) in [6.45, 7) is 0.301. The van der Waals surface area contributed by atoms with Gasteiger partial charge < -0.3 is 20.7 Å². The number of carbonyl (C=O) groups excluding carboxylic acids is 2. The summed E-state index contributed by atoms with van der Waals surface area (Å²) in [4.78, 5) is 24.0. The maximum atomic E-state index is 13.3. The number of methoxy groups -OCH3 is 1. The Morgan fingerprint density at radius 3 is 2.88 bits per heavy atom. The third-order valence-corrected chi connectivity index (χ3v) is 4.04. The first-order chi connectivity index (χ1) is 12.1. The van der Waals surface area contributed by atoms with Crippen LogP contribution in [0.25, 0.3) is 0 Å². The Hall–Kier alpha value is -3.09. The predicted octanol–water partition coefficient (Wildman–Crippen LogP) is 3.08. The van der Waals surface area contributed by atoms with E-state index in [0.717, 1.165) is 11.3 Å². The molecule has 0 bridgehead atoms. The van der Waals surface area contributed by atoms with Crippen LogP contribution >= 0.6 is 0 Å². The minimum absolute atomic E-state index is 0.0739. The Morgan fingerprint density at radius 1 is 1.28 bits per heavy atom. The number of benzene rings is 2. The quantitative estimate of drug-likeness (QED) is 0.780. The highest BCUT2D eigenvalue weighted by Gasteiger charge is 2.29. The first kappa shape index (κ1) is 16.8. The number of anilines is 2. The standard InChI is InChI=1S/C18H18FN3O3/c1-25-16-7-6-11(19)10-15(16)22-18(24)20-9-8-13-12-4-2-3-5-14(12)21-17(13)23/h2-7,10,13H,8-9H2,1H3,(H,21,23)(H2,20,22,24)/t13-/m0/s1. The van der Waals surface area contributed by atoms with Crippen LogP contribution < -0.4 is 20.7 Å². The van der Waals surface area contributed by atoms with E-state index < -0.39 is 11.8 Å². The first-order valence-corrected chi connectivity index (χ1v) is 7.86. The van der Waals surface area contributed by atoms with E-state index in [2.05, 4.69) is 16.0 Å². The molecule has 3 rings (SSSR count). The van der Waals surface area contributed by atoms with Crippen molar-refractivity contribution in [2.45, 2.75) is 12.3 Å². The second-order valence-electron chi connectivity index (χ2n) is 5.64. The molecule has 0 aliphatic carbocycles. The Labute approximate surface area is 144 Å². The number of amides is 3. The average molecular weight is 343 g/mol. The van der Waals surface area contributed by atoms with Crippen molar-refractivity contribution in [3.8, 4) is 5.75 Å². The van der Waals surface area contributed by atoms with Gasteiger partial charge >= 0.3 is 6.03 Å². The monoisotopic (exact) mass is 343 g/mol. The minimum atomic E-state index is -0.490. The number of hydrogen-bond acceptors (Lipinski definition) is 3. The van der Waals surface area contributed by atoms with E-state index in [4.69, 9.17) is 4.74 Å². The van der Waals surface area contributed by atoms with Crippen molar-refractivity contribution < 1.29 is 18.7 Å². The van der Waals surface area contributed by atoms with Crippen molar-refractivity contribution in [2.24, 2.45) is 0 Å². The van der Waals surface area contributed by atoms with Crippen molar-refractivity contribution in [1.82, 2.24) is 5.32 Å². The van der Waals surface area contributed by atoms with Crippen LogP contribution in [0.3, 0.4) is 0 Å². The van der Waals surface area contributed by atoms with Gasteiger partial charge in [-0.1, -0.05) is 18.2 Å². The number of carbonyl (C=O) groups is 2. The van der Waals surface area contributed by atoms with Gasteiger partial charge in [0.1, 0.15) is 11.6 Å². The van der Waals surface area contributed by atoms with Gasteiger partial charge in [0.2, 0.25) is 5.91 Å². The van der Waals surface area contributed by atoms with Gasteiger partial charge in [-0.25, -0.2) is 9.18 Å². The highest BCUT2D eigenvalue weighted by atomic mass is 19.1. The molecule has 1 heterocycles. The molecule has 3 N–H and O–H groups in total. The maximum absolute atomic E-state index is 13.3. The molecule has 0 saturated heterocycles. The molecule has 25 heavy (non-hydrogen) atoms. The number of hydrogen-bond donors (Lipinski definition) is 3. The van der Waals surface area contributed by atoms with Gasteiger partial charge in [0.05, 0.1) is 18.7 Å². The SMILES string of the molecule is COc1ccc(F)cc1NC(=O)NCC[C@@H]1C(=O)Nc2ccccc21. The number of para-hydroxylation sites is 1. The van der Waals surface area contributed by atoms with E-state index in [1.165, 1.54) is 25.3 Å². The molecule has 3 amide bonds. The molecule has 2 aromatic carbocycles. The number of nitrogens with one attached hydrogen (secondary N) is 3. The van der Waals surface area contributed by atoms with Gasteiger partial charge in [0, 0.05) is 18.3 Å². The number of fused-ring (bicyclic) bond motifs is 1. The van der Waals surface area contributed by atoms with Crippen LogP contribution in [0.4, 0.5) is 20.6 Å². The molecule has 0 aromatic heterocycles. The fourth-order valence-corrected chi connectivity index (χ4v) is 2.84. The van der Waals surface area contributed by atoms with Crippen LogP contribution in [0.2, 0.25) is 0 Å². The van der Waals surface area contributed by atoms with Crippen LogP contribution in [0.1, 0.15) is 17.9 Å². The van der Waals surface area contributed by atoms with Crippen molar-refractivity contribution in [1.29, 1.82) is 0 Å². The summed E-state index contributed by atoms with van der Waals surface area (Å²) in [6, 6.07) is 10.9. The van der Waals surface area contributed by atoms with Gasteiger partial charge in [0.15, 0.2) is 0 Å². The molecule has 1 aliphatic rings. The summed E-state index contributed by atoms with van der Waals surface area (Å²) in [5, 5.41) is 8.04. The van der Waals surface area contributed by atoms with Gasteiger partial charge in [0.25, 0.3) is 0 Å². The van der Waals surface area contributed by atoms with Crippen LogP contribution in [0, 0.1) is 5.82 Å². The third kappa shape index (κ3) is 3.71. The Bertz CT molecular complexity index is 810. The van der Waals surface area contributed by atoms with Crippen LogP contribution in [0.5, 0.6) is 5.75 Å². The molecule has 0 spiro atoms. The number of urea groups is 1. The lowest BCUT2D eigenvalue weighted by Gasteiger charge is -2.12. The Morgan fingerprint density at radius 2 is 2.08 bits per heavy atom. The van der Waals surface area contributed by atoms with Crippen molar-refractivity contribution in [3.05, 3.63) is 53.8 Å². The smallest absolute Gasteiger partial charge is 0.319 e. The molecule has 2 aromatic rings. The molecule has 7 heteroatoms. The fraction of sp³-hybridized carbons (Fsp3) is 0.222. The topological polar surface area (TPSA) is 79.5 Å². The predicted molar refractivity (Wildman–Crippen MR) is 92.4 cm³/mol. The van der Waals surface area contributed by atoms with E-state index in [0.29, 0.717) is 18.7 Å². The van der Waals surface area contributed by atoms with Crippen LogP contribution in [-0.2, 0) is 4.79 Å². The second-order valence-corrected chi connectivity index (χ2v) is 5.64. The summed E-state index contributed by atoms with van der Waals surface area (Å²) >= 11 is 0. The van der Waals surface area contributed by atoms with Gasteiger partial charge in [-0.05, 0) is 30.2 Å². The molecular formula is C18H18FN3O3. The van der Waals surface area contributed by atoms with Gasteiger partial charge in [-0.3, -0.25) is 4.79 Å². The average Bonchev–Trinajstić information content (AvgIpc) is 2.91.